The van der Waals surface area contributed by atoms with E-state index < -0.39 is 5.60 Å². The van der Waals surface area contributed by atoms with Crippen LogP contribution in [0.25, 0.3) is 44.4 Å². The molecule has 0 spiro atoms. The highest BCUT2D eigenvalue weighted by atomic mass is 16.6. The molecule has 236 valence electrons. The number of aromatic amines is 2. The molecule has 2 N–H and O–H groups in total. The van der Waals surface area contributed by atoms with E-state index >= 15 is 0 Å². The van der Waals surface area contributed by atoms with Gasteiger partial charge in [-0.3, -0.25) is 9.80 Å². The predicted molar refractivity (Wildman–Crippen MR) is 178 cm³/mol. The van der Waals surface area contributed by atoms with Crippen molar-refractivity contribution in [1.82, 2.24) is 29.7 Å². The molecule has 2 unspecified atom stereocenters. The normalized spacial score (nSPS) is 19.7. The van der Waals surface area contributed by atoms with E-state index in [0.29, 0.717) is 19.2 Å². The van der Waals surface area contributed by atoms with Crippen molar-refractivity contribution < 1.29 is 14.3 Å². The number of hydrogen-bond acceptors (Lipinski definition) is 6. The molecule has 5 heterocycles. The summed E-state index contributed by atoms with van der Waals surface area (Å²) in [6.45, 7) is 7.96. The lowest BCUT2D eigenvalue weighted by Gasteiger charge is -2.27. The molecule has 2 atom stereocenters. The minimum absolute atomic E-state index is 0.116. The molecule has 2 fully saturated rings. The first-order valence-corrected chi connectivity index (χ1v) is 16.3. The lowest BCUT2D eigenvalue weighted by molar-refractivity contribution is 0.0218. The molecule has 0 saturated carbocycles. The third-order valence-corrected chi connectivity index (χ3v) is 9.58. The van der Waals surface area contributed by atoms with Crippen LogP contribution in [0.5, 0.6) is 5.75 Å². The fourth-order valence-corrected chi connectivity index (χ4v) is 7.28. The molecule has 46 heavy (non-hydrogen) atoms. The van der Waals surface area contributed by atoms with Crippen molar-refractivity contribution in [2.24, 2.45) is 0 Å². The number of carbonyl (C=O) groups is 1. The van der Waals surface area contributed by atoms with Crippen LogP contribution >= 0.6 is 0 Å². The summed E-state index contributed by atoms with van der Waals surface area (Å²) in [5.41, 5.74) is 7.02. The highest BCUT2D eigenvalue weighted by Crippen LogP contribution is 2.44. The molecule has 1 amide bonds. The third-order valence-electron chi connectivity index (χ3n) is 9.58. The van der Waals surface area contributed by atoms with E-state index in [0.717, 1.165) is 87.6 Å². The molecule has 5 aromatic rings. The Bertz CT molecular complexity index is 1950. The second-order valence-corrected chi connectivity index (χ2v) is 13.9. The highest BCUT2D eigenvalue weighted by Gasteiger charge is 2.35. The zero-order valence-corrected chi connectivity index (χ0v) is 26.9. The Morgan fingerprint density at radius 2 is 1.54 bits per heavy atom. The van der Waals surface area contributed by atoms with Crippen molar-refractivity contribution >= 4 is 16.9 Å². The van der Waals surface area contributed by atoms with Gasteiger partial charge in [-0.15, -0.1) is 0 Å². The Morgan fingerprint density at radius 1 is 0.870 bits per heavy atom. The van der Waals surface area contributed by atoms with Crippen molar-refractivity contribution in [3.63, 3.8) is 0 Å². The van der Waals surface area contributed by atoms with Gasteiger partial charge in [0, 0.05) is 23.1 Å². The Labute approximate surface area is 269 Å². The first kappa shape index (κ1) is 28.8. The molecular formula is C37H40N6O3. The fraction of sp³-hybridized carbons (Fsp3) is 0.378. The first-order chi connectivity index (χ1) is 22.2. The molecule has 8 rings (SSSR count). The van der Waals surface area contributed by atoms with Gasteiger partial charge in [0.05, 0.1) is 35.9 Å². The van der Waals surface area contributed by atoms with Gasteiger partial charge in [0.2, 0.25) is 0 Å². The second kappa shape index (κ2) is 11.0. The third kappa shape index (κ3) is 5.12. The number of likely N-dealkylation sites (tertiary alicyclic amines) is 2. The Balaban J connectivity index is 1.04. The minimum atomic E-state index is -0.533. The maximum Gasteiger partial charge on any atom is 0.410 e. The second-order valence-electron chi connectivity index (χ2n) is 13.9. The maximum absolute atomic E-state index is 12.8. The van der Waals surface area contributed by atoms with Gasteiger partial charge in [-0.25, -0.2) is 14.8 Å². The number of ether oxygens (including phenoxy) is 2. The quantitative estimate of drug-likeness (QED) is 0.212. The number of aromatic nitrogens is 4. The van der Waals surface area contributed by atoms with Crippen LogP contribution in [0.4, 0.5) is 4.79 Å². The van der Waals surface area contributed by atoms with E-state index in [1.165, 1.54) is 12.0 Å². The zero-order valence-electron chi connectivity index (χ0n) is 26.9. The molecule has 3 aliphatic rings. The van der Waals surface area contributed by atoms with Crippen LogP contribution in [-0.4, -0.2) is 61.6 Å². The summed E-state index contributed by atoms with van der Waals surface area (Å²) in [4.78, 5) is 33.5. The van der Waals surface area contributed by atoms with Crippen LogP contribution in [0.1, 0.15) is 75.8 Å². The number of nitrogens with one attached hydrogen (secondary N) is 2. The van der Waals surface area contributed by atoms with E-state index in [-0.39, 0.29) is 12.1 Å². The van der Waals surface area contributed by atoms with Crippen molar-refractivity contribution in [2.45, 2.75) is 70.7 Å². The molecular weight excluding hydrogens is 576 g/mol. The lowest BCUT2D eigenvalue weighted by Crippen LogP contribution is -2.36. The molecule has 3 aromatic carbocycles. The van der Waals surface area contributed by atoms with Crippen molar-refractivity contribution in [3.05, 3.63) is 78.1 Å². The SMILES string of the molecule is CN1CCCC1c1ncc(-c2ccc3c4c(ccc3c2)-c2ccc(-c3cnc(C5CCCN5C(=O)OC(C)(C)C)[nH]3)cc2CO4)[nH]1. The number of amides is 1. The topological polar surface area (TPSA) is 99.4 Å². The Hall–Kier alpha value is -4.63. The predicted octanol–water partition coefficient (Wildman–Crippen LogP) is 8.02. The number of carbonyl (C=O) groups excluding carboxylic acids is 1. The molecule has 2 saturated heterocycles. The van der Waals surface area contributed by atoms with E-state index in [4.69, 9.17) is 19.4 Å². The molecule has 9 nitrogen and oxygen atoms in total. The molecule has 0 aliphatic carbocycles. The lowest BCUT2D eigenvalue weighted by atomic mass is 9.92. The van der Waals surface area contributed by atoms with Crippen LogP contribution < -0.4 is 4.74 Å². The average molecular weight is 617 g/mol. The van der Waals surface area contributed by atoms with Gasteiger partial charge in [-0.2, -0.15) is 0 Å². The van der Waals surface area contributed by atoms with Gasteiger partial charge in [0.25, 0.3) is 0 Å². The van der Waals surface area contributed by atoms with Crippen molar-refractivity contribution in [1.29, 1.82) is 0 Å². The summed E-state index contributed by atoms with van der Waals surface area (Å²) in [7, 11) is 2.17. The minimum Gasteiger partial charge on any atom is -0.488 e. The fourth-order valence-electron chi connectivity index (χ4n) is 7.28. The Morgan fingerprint density at radius 3 is 2.28 bits per heavy atom. The number of imidazole rings is 2. The summed E-state index contributed by atoms with van der Waals surface area (Å²) >= 11 is 0. The van der Waals surface area contributed by atoms with Crippen molar-refractivity contribution in [3.8, 4) is 39.4 Å². The number of benzene rings is 3. The summed E-state index contributed by atoms with van der Waals surface area (Å²) in [6.07, 6.45) is 7.67. The Kier molecular flexibility index (Phi) is 6.90. The number of nitrogens with zero attached hydrogens (tertiary/aromatic N) is 4. The summed E-state index contributed by atoms with van der Waals surface area (Å²) in [5.74, 6) is 2.77. The number of fused-ring (bicyclic) bond motifs is 5. The van der Waals surface area contributed by atoms with Crippen molar-refractivity contribution in [2.75, 3.05) is 20.1 Å². The summed E-state index contributed by atoms with van der Waals surface area (Å²) in [6, 6.07) is 17.7. The summed E-state index contributed by atoms with van der Waals surface area (Å²) < 4.78 is 12.1. The largest absolute Gasteiger partial charge is 0.488 e. The van der Waals surface area contributed by atoms with E-state index in [1.54, 1.807) is 4.90 Å². The maximum atomic E-state index is 12.8. The van der Waals surface area contributed by atoms with Crippen LogP contribution in [-0.2, 0) is 11.3 Å². The van der Waals surface area contributed by atoms with E-state index in [9.17, 15) is 4.79 Å². The number of rotatable bonds is 4. The molecule has 3 aliphatic heterocycles. The van der Waals surface area contributed by atoms with E-state index in [1.807, 2.05) is 33.2 Å². The van der Waals surface area contributed by atoms with Gasteiger partial charge >= 0.3 is 6.09 Å². The molecule has 0 bridgehead atoms. The standard InChI is InChI=1S/C37H40N6O3/c1-37(2,3)46-36(44)43-16-6-8-32(43)35-39-20-30(41-35)24-10-12-26-25(18-24)21-45-33-27-13-11-23(17-22(27)9-14-28(26)33)29-19-38-34(40-29)31-7-5-15-42(31)4/h9-14,17-20,31-32H,5-8,15-16,21H2,1-4H3,(H,38,40)(H,39,41). The molecule has 9 heteroatoms. The van der Waals surface area contributed by atoms with Gasteiger partial charge < -0.3 is 19.4 Å². The number of H-pyrrole nitrogens is 2. The van der Waals surface area contributed by atoms with Crippen LogP contribution in [0.3, 0.4) is 0 Å². The van der Waals surface area contributed by atoms with Crippen LogP contribution in [0, 0.1) is 0 Å². The summed E-state index contributed by atoms with van der Waals surface area (Å²) in [5, 5.41) is 2.25. The average Bonchev–Trinajstić information content (AvgIpc) is 3.86. The smallest absolute Gasteiger partial charge is 0.410 e. The number of hydrogen-bond donors (Lipinski definition) is 2. The zero-order chi connectivity index (χ0) is 31.6. The molecule has 2 aromatic heterocycles. The van der Waals surface area contributed by atoms with Gasteiger partial charge in [0.15, 0.2) is 0 Å². The van der Waals surface area contributed by atoms with Crippen LogP contribution in [0.15, 0.2) is 60.9 Å². The first-order valence-electron chi connectivity index (χ1n) is 16.3. The highest BCUT2D eigenvalue weighted by molar-refractivity contribution is 5.98. The van der Waals surface area contributed by atoms with Gasteiger partial charge in [-0.1, -0.05) is 30.3 Å². The van der Waals surface area contributed by atoms with Crippen LogP contribution in [0.2, 0.25) is 0 Å². The van der Waals surface area contributed by atoms with E-state index in [2.05, 4.69) is 70.4 Å². The molecule has 0 radical (unpaired) electrons. The monoisotopic (exact) mass is 616 g/mol. The van der Waals surface area contributed by atoms with Gasteiger partial charge in [0.1, 0.15) is 29.6 Å². The van der Waals surface area contributed by atoms with Gasteiger partial charge in [-0.05, 0) is 100 Å².